The van der Waals surface area contributed by atoms with Crippen LogP contribution in [0.5, 0.6) is 5.75 Å². The highest BCUT2D eigenvalue weighted by atomic mass is 16.5. The van der Waals surface area contributed by atoms with Crippen LogP contribution < -0.4 is 4.74 Å². The number of aromatic amines is 1. The molecule has 0 saturated heterocycles. The SMILES string of the molecule is COc1ccc2[nH]c3c(C)cc(C=O)cc3c2c1. The first-order valence-electron chi connectivity index (χ1n) is 5.78. The Balaban J connectivity index is 2.46. The van der Waals surface area contributed by atoms with Crippen molar-refractivity contribution >= 4 is 28.1 Å². The lowest BCUT2D eigenvalue weighted by Crippen LogP contribution is -1.83. The van der Waals surface area contributed by atoms with E-state index in [1.165, 1.54) is 0 Å². The second-order valence-corrected chi connectivity index (χ2v) is 4.41. The van der Waals surface area contributed by atoms with Gasteiger partial charge in [-0.1, -0.05) is 0 Å². The van der Waals surface area contributed by atoms with Gasteiger partial charge in [0, 0.05) is 27.4 Å². The number of ether oxygens (including phenoxy) is 1. The van der Waals surface area contributed by atoms with Crippen LogP contribution in [0.25, 0.3) is 21.8 Å². The zero-order valence-electron chi connectivity index (χ0n) is 10.3. The Hall–Kier alpha value is -2.29. The molecule has 3 rings (SSSR count). The summed E-state index contributed by atoms with van der Waals surface area (Å²) >= 11 is 0. The Morgan fingerprint density at radius 2 is 2.00 bits per heavy atom. The molecule has 90 valence electrons. The minimum atomic E-state index is 0.698. The lowest BCUT2D eigenvalue weighted by atomic mass is 10.1. The number of fused-ring (bicyclic) bond motifs is 3. The summed E-state index contributed by atoms with van der Waals surface area (Å²) in [5, 5.41) is 2.14. The minimum absolute atomic E-state index is 0.698. The van der Waals surface area contributed by atoms with E-state index in [4.69, 9.17) is 4.74 Å². The van der Waals surface area contributed by atoms with Crippen molar-refractivity contribution in [2.45, 2.75) is 6.92 Å². The lowest BCUT2D eigenvalue weighted by molar-refractivity contribution is 0.112. The van der Waals surface area contributed by atoms with Crippen LogP contribution in [0.1, 0.15) is 15.9 Å². The van der Waals surface area contributed by atoms with Gasteiger partial charge in [-0.2, -0.15) is 0 Å². The van der Waals surface area contributed by atoms with Crippen molar-refractivity contribution in [3.63, 3.8) is 0 Å². The summed E-state index contributed by atoms with van der Waals surface area (Å²) in [5.41, 5.74) is 3.90. The van der Waals surface area contributed by atoms with Gasteiger partial charge in [-0.3, -0.25) is 4.79 Å². The Bertz CT molecular complexity index is 756. The zero-order valence-corrected chi connectivity index (χ0v) is 10.3. The molecule has 2 aromatic carbocycles. The topological polar surface area (TPSA) is 42.1 Å². The third kappa shape index (κ3) is 1.48. The van der Waals surface area contributed by atoms with E-state index in [2.05, 4.69) is 4.98 Å². The molecule has 0 radical (unpaired) electrons. The van der Waals surface area contributed by atoms with Gasteiger partial charge in [0.15, 0.2) is 0 Å². The first kappa shape index (κ1) is 10.8. The molecule has 0 aliphatic rings. The summed E-state index contributed by atoms with van der Waals surface area (Å²) in [4.78, 5) is 14.3. The number of hydrogen-bond donors (Lipinski definition) is 1. The zero-order chi connectivity index (χ0) is 12.7. The number of benzene rings is 2. The molecule has 0 saturated carbocycles. The van der Waals surface area contributed by atoms with Crippen molar-refractivity contribution < 1.29 is 9.53 Å². The van der Waals surface area contributed by atoms with Crippen LogP contribution in [0.4, 0.5) is 0 Å². The maximum atomic E-state index is 10.9. The number of aldehydes is 1. The van der Waals surface area contributed by atoms with E-state index >= 15 is 0 Å². The van der Waals surface area contributed by atoms with Crippen LogP contribution in [0.3, 0.4) is 0 Å². The van der Waals surface area contributed by atoms with Crippen molar-refractivity contribution in [3.8, 4) is 5.75 Å². The lowest BCUT2D eigenvalue weighted by Gasteiger charge is -2.00. The number of aryl methyl sites for hydroxylation is 1. The molecule has 1 aromatic heterocycles. The highest BCUT2D eigenvalue weighted by Gasteiger charge is 2.08. The predicted octanol–water partition coefficient (Wildman–Crippen LogP) is 3.45. The van der Waals surface area contributed by atoms with Crippen LogP contribution in [-0.2, 0) is 0 Å². The largest absolute Gasteiger partial charge is 0.497 e. The molecule has 0 aliphatic heterocycles. The van der Waals surface area contributed by atoms with E-state index in [9.17, 15) is 4.79 Å². The van der Waals surface area contributed by atoms with Crippen molar-refractivity contribution in [2.24, 2.45) is 0 Å². The molecule has 0 amide bonds. The van der Waals surface area contributed by atoms with Gasteiger partial charge < -0.3 is 9.72 Å². The average Bonchev–Trinajstić information content (AvgIpc) is 2.77. The summed E-state index contributed by atoms with van der Waals surface area (Å²) < 4.78 is 5.24. The van der Waals surface area contributed by atoms with Crippen LogP contribution in [-0.4, -0.2) is 18.4 Å². The van der Waals surface area contributed by atoms with Gasteiger partial charge >= 0.3 is 0 Å². The fraction of sp³-hybridized carbons (Fsp3) is 0.133. The Morgan fingerprint density at radius 1 is 1.17 bits per heavy atom. The van der Waals surface area contributed by atoms with E-state index in [0.29, 0.717) is 5.56 Å². The fourth-order valence-electron chi connectivity index (χ4n) is 2.38. The summed E-state index contributed by atoms with van der Waals surface area (Å²) in [5.74, 6) is 0.817. The van der Waals surface area contributed by atoms with Crippen molar-refractivity contribution in [1.29, 1.82) is 0 Å². The molecule has 0 spiro atoms. The molecule has 0 unspecified atom stereocenters. The second kappa shape index (κ2) is 3.88. The van der Waals surface area contributed by atoms with E-state index in [1.807, 2.05) is 37.3 Å². The number of hydrogen-bond acceptors (Lipinski definition) is 2. The molecule has 0 aliphatic carbocycles. The first-order valence-corrected chi connectivity index (χ1v) is 5.78. The van der Waals surface area contributed by atoms with Gasteiger partial charge in [-0.25, -0.2) is 0 Å². The van der Waals surface area contributed by atoms with Crippen molar-refractivity contribution in [2.75, 3.05) is 7.11 Å². The summed E-state index contributed by atoms with van der Waals surface area (Å²) in [6.45, 7) is 2.00. The van der Waals surface area contributed by atoms with E-state index in [0.717, 1.165) is 39.4 Å². The molecule has 3 nitrogen and oxygen atoms in total. The van der Waals surface area contributed by atoms with Crippen LogP contribution >= 0.6 is 0 Å². The van der Waals surface area contributed by atoms with E-state index < -0.39 is 0 Å². The standard InChI is InChI=1S/C15H13NO2/c1-9-5-10(8-17)6-13-12-7-11(18-2)3-4-14(12)16-15(9)13/h3-8,16H,1-2H3. The number of H-pyrrole nitrogens is 1. The molecule has 3 heteroatoms. The second-order valence-electron chi connectivity index (χ2n) is 4.41. The summed E-state index contributed by atoms with van der Waals surface area (Å²) in [7, 11) is 1.65. The number of nitrogens with one attached hydrogen (secondary N) is 1. The monoisotopic (exact) mass is 239 g/mol. The molecule has 1 N–H and O–H groups in total. The van der Waals surface area contributed by atoms with Crippen LogP contribution in [0.15, 0.2) is 30.3 Å². The van der Waals surface area contributed by atoms with Crippen molar-refractivity contribution in [3.05, 3.63) is 41.5 Å². The molecular weight excluding hydrogens is 226 g/mol. The average molecular weight is 239 g/mol. The highest BCUT2D eigenvalue weighted by Crippen LogP contribution is 2.30. The Kier molecular flexibility index (Phi) is 2.33. The number of carbonyl (C=O) groups is 1. The van der Waals surface area contributed by atoms with Crippen LogP contribution in [0, 0.1) is 6.92 Å². The third-order valence-electron chi connectivity index (χ3n) is 3.27. The number of rotatable bonds is 2. The van der Waals surface area contributed by atoms with E-state index in [1.54, 1.807) is 7.11 Å². The molecule has 0 bridgehead atoms. The van der Waals surface area contributed by atoms with Gasteiger partial charge in [0.25, 0.3) is 0 Å². The smallest absolute Gasteiger partial charge is 0.150 e. The molecule has 18 heavy (non-hydrogen) atoms. The Labute approximate surface area is 104 Å². The summed E-state index contributed by atoms with van der Waals surface area (Å²) in [6, 6.07) is 9.71. The molecule has 3 aromatic rings. The summed E-state index contributed by atoms with van der Waals surface area (Å²) in [6.07, 6.45) is 0.880. The fourth-order valence-corrected chi connectivity index (χ4v) is 2.38. The first-order chi connectivity index (χ1) is 8.72. The maximum absolute atomic E-state index is 10.9. The molecule has 0 fully saturated rings. The Morgan fingerprint density at radius 3 is 2.72 bits per heavy atom. The normalized spacial score (nSPS) is 11.0. The van der Waals surface area contributed by atoms with E-state index in [-0.39, 0.29) is 0 Å². The predicted molar refractivity (Wildman–Crippen MR) is 72.5 cm³/mol. The van der Waals surface area contributed by atoms with Crippen molar-refractivity contribution in [1.82, 2.24) is 4.98 Å². The van der Waals surface area contributed by atoms with Gasteiger partial charge in [0.1, 0.15) is 12.0 Å². The minimum Gasteiger partial charge on any atom is -0.497 e. The quantitative estimate of drug-likeness (QED) is 0.696. The number of aromatic nitrogens is 1. The van der Waals surface area contributed by atoms with Gasteiger partial charge in [-0.15, -0.1) is 0 Å². The number of methoxy groups -OCH3 is 1. The number of carbonyl (C=O) groups excluding carboxylic acids is 1. The van der Waals surface area contributed by atoms with Crippen LogP contribution in [0.2, 0.25) is 0 Å². The van der Waals surface area contributed by atoms with Gasteiger partial charge in [-0.05, 0) is 42.8 Å². The third-order valence-corrected chi connectivity index (χ3v) is 3.27. The molecule has 0 atom stereocenters. The molecular formula is C15H13NO2. The molecule has 1 heterocycles. The highest BCUT2D eigenvalue weighted by molar-refractivity contribution is 6.10. The van der Waals surface area contributed by atoms with Gasteiger partial charge in [0.2, 0.25) is 0 Å². The maximum Gasteiger partial charge on any atom is 0.150 e. The van der Waals surface area contributed by atoms with Gasteiger partial charge in [0.05, 0.1) is 7.11 Å².